The molecule has 0 aromatic carbocycles. The Bertz CT molecular complexity index is 83.4. The SMILES string of the molecule is N[C@H](CO)CC(=O)O. The summed E-state index contributed by atoms with van der Waals surface area (Å²) in [5.74, 6) is -0.980. The molecular formula is C4H9NO3. The number of aliphatic carboxylic acids is 1. The van der Waals surface area contributed by atoms with Crippen molar-refractivity contribution in [2.75, 3.05) is 6.61 Å². The van der Waals surface area contributed by atoms with E-state index in [9.17, 15) is 4.79 Å². The molecule has 0 aromatic heterocycles. The zero-order valence-corrected chi connectivity index (χ0v) is 4.37. The Kier molecular flexibility index (Phi) is 3.14. The van der Waals surface area contributed by atoms with Gasteiger partial charge in [-0.15, -0.1) is 0 Å². The first-order valence-corrected chi connectivity index (χ1v) is 2.25. The minimum atomic E-state index is -0.980. The maximum absolute atomic E-state index is 9.78. The van der Waals surface area contributed by atoms with Crippen molar-refractivity contribution in [3.8, 4) is 0 Å². The van der Waals surface area contributed by atoms with Gasteiger partial charge in [0.15, 0.2) is 0 Å². The lowest BCUT2D eigenvalue weighted by Crippen LogP contribution is -2.27. The minimum Gasteiger partial charge on any atom is -0.481 e. The summed E-state index contributed by atoms with van der Waals surface area (Å²) in [5.41, 5.74) is 5.04. The molecule has 0 spiro atoms. The topological polar surface area (TPSA) is 83.5 Å². The highest BCUT2D eigenvalue weighted by molar-refractivity contribution is 5.67. The second-order valence-electron chi connectivity index (χ2n) is 1.54. The summed E-state index contributed by atoms with van der Waals surface area (Å²) in [4.78, 5) is 9.78. The van der Waals surface area contributed by atoms with E-state index in [0.29, 0.717) is 0 Å². The van der Waals surface area contributed by atoms with Crippen molar-refractivity contribution >= 4 is 5.97 Å². The van der Waals surface area contributed by atoms with Crippen LogP contribution in [0.2, 0.25) is 0 Å². The van der Waals surface area contributed by atoms with Crippen LogP contribution in [0.25, 0.3) is 0 Å². The van der Waals surface area contributed by atoms with Gasteiger partial charge in [-0.05, 0) is 0 Å². The Morgan fingerprint density at radius 2 is 2.25 bits per heavy atom. The van der Waals surface area contributed by atoms with E-state index < -0.39 is 12.0 Å². The number of hydrogen-bond acceptors (Lipinski definition) is 3. The molecule has 0 aromatic rings. The fraction of sp³-hybridized carbons (Fsp3) is 0.750. The average molecular weight is 119 g/mol. The third-order valence-electron chi connectivity index (χ3n) is 0.671. The highest BCUT2D eigenvalue weighted by Crippen LogP contribution is 1.83. The van der Waals surface area contributed by atoms with Crippen molar-refractivity contribution in [1.29, 1.82) is 0 Å². The lowest BCUT2D eigenvalue weighted by atomic mass is 10.2. The Hall–Kier alpha value is -0.610. The zero-order valence-electron chi connectivity index (χ0n) is 4.37. The first-order chi connectivity index (χ1) is 3.66. The maximum atomic E-state index is 9.78. The summed E-state index contributed by atoms with van der Waals surface area (Å²) in [5, 5.41) is 16.2. The fourth-order valence-electron chi connectivity index (χ4n) is 0.289. The monoisotopic (exact) mass is 119 g/mol. The molecule has 0 aliphatic rings. The first-order valence-electron chi connectivity index (χ1n) is 2.25. The van der Waals surface area contributed by atoms with Crippen LogP contribution < -0.4 is 5.73 Å². The standard InChI is InChI=1S/C4H9NO3/c5-3(2-6)1-4(7)8/h3,6H,1-2,5H2,(H,7,8)/t3-/m0/s1. The Balaban J connectivity index is 3.24. The molecule has 4 N–H and O–H groups in total. The van der Waals surface area contributed by atoms with Crippen molar-refractivity contribution in [2.45, 2.75) is 12.5 Å². The Labute approximate surface area is 46.9 Å². The summed E-state index contributed by atoms with van der Waals surface area (Å²) < 4.78 is 0. The molecule has 0 aliphatic heterocycles. The van der Waals surface area contributed by atoms with Crippen LogP contribution in [0, 0.1) is 0 Å². The summed E-state index contributed by atoms with van der Waals surface area (Å²) in [6.45, 7) is -0.272. The van der Waals surface area contributed by atoms with Crippen molar-refractivity contribution in [1.82, 2.24) is 0 Å². The summed E-state index contributed by atoms with van der Waals surface area (Å²) in [7, 11) is 0. The minimum absolute atomic E-state index is 0.170. The van der Waals surface area contributed by atoms with Crippen molar-refractivity contribution in [3.63, 3.8) is 0 Å². The van der Waals surface area contributed by atoms with E-state index >= 15 is 0 Å². The second kappa shape index (κ2) is 3.40. The van der Waals surface area contributed by atoms with Gasteiger partial charge in [0.05, 0.1) is 13.0 Å². The fourth-order valence-corrected chi connectivity index (χ4v) is 0.289. The molecule has 0 fully saturated rings. The number of carboxylic acid groups (broad SMARTS) is 1. The summed E-state index contributed by atoms with van der Waals surface area (Å²) in [6, 6.07) is -0.618. The molecule has 0 saturated carbocycles. The van der Waals surface area contributed by atoms with Crippen LogP contribution in [0.3, 0.4) is 0 Å². The molecule has 48 valence electrons. The number of aliphatic hydroxyl groups excluding tert-OH is 1. The first kappa shape index (κ1) is 7.39. The van der Waals surface area contributed by atoms with Gasteiger partial charge >= 0.3 is 5.97 Å². The van der Waals surface area contributed by atoms with Gasteiger partial charge in [-0.25, -0.2) is 0 Å². The largest absolute Gasteiger partial charge is 0.481 e. The van der Waals surface area contributed by atoms with Crippen molar-refractivity contribution < 1.29 is 15.0 Å². The van der Waals surface area contributed by atoms with Crippen LogP contribution in [-0.4, -0.2) is 28.8 Å². The molecule has 0 unspecified atom stereocenters. The maximum Gasteiger partial charge on any atom is 0.305 e. The lowest BCUT2D eigenvalue weighted by Gasteiger charge is -2.00. The zero-order chi connectivity index (χ0) is 6.57. The van der Waals surface area contributed by atoms with E-state index in [2.05, 4.69) is 0 Å². The van der Waals surface area contributed by atoms with Gasteiger partial charge < -0.3 is 15.9 Å². The molecule has 0 radical (unpaired) electrons. The molecule has 0 heterocycles. The molecule has 0 rings (SSSR count). The van der Waals surface area contributed by atoms with E-state index in [1.807, 2.05) is 0 Å². The van der Waals surface area contributed by atoms with Gasteiger partial charge in [0.25, 0.3) is 0 Å². The van der Waals surface area contributed by atoms with Crippen LogP contribution in [-0.2, 0) is 4.79 Å². The molecule has 0 amide bonds. The number of aliphatic hydroxyl groups is 1. The van der Waals surface area contributed by atoms with Crippen LogP contribution in [0.4, 0.5) is 0 Å². The number of carbonyl (C=O) groups is 1. The summed E-state index contributed by atoms with van der Waals surface area (Å²) in [6.07, 6.45) is -0.170. The molecule has 1 atom stereocenters. The Morgan fingerprint density at radius 3 is 2.38 bits per heavy atom. The summed E-state index contributed by atoms with van der Waals surface area (Å²) >= 11 is 0. The third-order valence-corrected chi connectivity index (χ3v) is 0.671. The average Bonchev–Trinajstić information content (AvgIpc) is 1.65. The van der Waals surface area contributed by atoms with Crippen LogP contribution >= 0.6 is 0 Å². The predicted molar refractivity (Wildman–Crippen MR) is 27.3 cm³/mol. The van der Waals surface area contributed by atoms with Gasteiger partial charge in [-0.3, -0.25) is 4.79 Å². The van der Waals surface area contributed by atoms with E-state index in [0.717, 1.165) is 0 Å². The highest BCUT2D eigenvalue weighted by Gasteiger charge is 2.04. The van der Waals surface area contributed by atoms with Crippen LogP contribution in [0.15, 0.2) is 0 Å². The quantitative estimate of drug-likeness (QED) is 0.435. The van der Waals surface area contributed by atoms with Crippen LogP contribution in [0.5, 0.6) is 0 Å². The molecule has 0 saturated heterocycles. The highest BCUT2D eigenvalue weighted by atomic mass is 16.4. The van der Waals surface area contributed by atoms with Gasteiger partial charge in [0, 0.05) is 6.04 Å². The Morgan fingerprint density at radius 1 is 1.75 bits per heavy atom. The van der Waals surface area contributed by atoms with E-state index in [-0.39, 0.29) is 13.0 Å². The lowest BCUT2D eigenvalue weighted by molar-refractivity contribution is -0.137. The normalized spacial score (nSPS) is 13.2. The smallest absolute Gasteiger partial charge is 0.305 e. The van der Waals surface area contributed by atoms with Gasteiger partial charge in [-0.1, -0.05) is 0 Å². The molecule has 0 bridgehead atoms. The van der Waals surface area contributed by atoms with Crippen molar-refractivity contribution in [3.05, 3.63) is 0 Å². The number of carboxylic acids is 1. The van der Waals surface area contributed by atoms with Crippen molar-refractivity contribution in [2.24, 2.45) is 5.73 Å². The molecule has 8 heavy (non-hydrogen) atoms. The van der Waals surface area contributed by atoms with E-state index in [1.165, 1.54) is 0 Å². The molecular weight excluding hydrogens is 110 g/mol. The van der Waals surface area contributed by atoms with Gasteiger partial charge in [-0.2, -0.15) is 0 Å². The van der Waals surface area contributed by atoms with Gasteiger partial charge in [0.1, 0.15) is 0 Å². The number of hydrogen-bond donors (Lipinski definition) is 3. The number of nitrogens with two attached hydrogens (primary N) is 1. The second-order valence-corrected chi connectivity index (χ2v) is 1.54. The third kappa shape index (κ3) is 3.58. The van der Waals surface area contributed by atoms with Crippen LogP contribution in [0.1, 0.15) is 6.42 Å². The molecule has 4 heteroatoms. The van der Waals surface area contributed by atoms with E-state index in [1.54, 1.807) is 0 Å². The van der Waals surface area contributed by atoms with Gasteiger partial charge in [0.2, 0.25) is 0 Å². The predicted octanol–water partition coefficient (Wildman–Crippen LogP) is -1.22. The molecule has 4 nitrogen and oxygen atoms in total. The number of rotatable bonds is 3. The molecule has 0 aliphatic carbocycles. The van der Waals surface area contributed by atoms with E-state index in [4.69, 9.17) is 15.9 Å².